The first-order valence-electron chi connectivity index (χ1n) is 18.7. The fraction of sp³-hybridized carbons (Fsp3) is 0.370. The second kappa shape index (κ2) is 41.6. The Morgan fingerprint density at radius 1 is 0.779 bits per heavy atom. The summed E-state index contributed by atoms with van der Waals surface area (Å²) in [6.07, 6.45) is 7.11. The lowest BCUT2D eigenvalue weighted by molar-refractivity contribution is -0.343. The molecular weight excluding hydrogens is 939 g/mol. The first-order valence-corrected chi connectivity index (χ1v) is 22.7. The number of hydrogen-bond donors (Lipinski definition) is 7. The van der Waals surface area contributed by atoms with Crippen LogP contribution in [0.25, 0.3) is 15.8 Å². The summed E-state index contributed by atoms with van der Waals surface area (Å²) >= 11 is 3.10. The van der Waals surface area contributed by atoms with Crippen LogP contribution in [0, 0.1) is 72.9 Å². The van der Waals surface area contributed by atoms with Crippen LogP contribution in [0.15, 0.2) is 54.2 Å². The SMILES string of the molecule is C.C.C.C#CC#CC#CC#CC#CC.O=Cc1ccc(N2CCS(=O)(=O)CC2)cc1.OONOS.[C-]#[N+]/C(=C\c1ccc(N2CCS(=O)(=O)CC2)cc1)C(=O)NCCO.[C-]#[N+]CC(=O)NCCO.[HH].[HH].[HH].[HH]. The van der Waals surface area contributed by atoms with Crippen LogP contribution in [-0.2, 0) is 38.5 Å². The van der Waals surface area contributed by atoms with Gasteiger partial charge < -0.3 is 35.5 Å². The lowest BCUT2D eigenvalue weighted by atomic mass is 10.1. The predicted octanol–water partition coefficient (Wildman–Crippen LogP) is 3.34. The van der Waals surface area contributed by atoms with Gasteiger partial charge in [-0.25, -0.2) is 37.8 Å². The van der Waals surface area contributed by atoms with Crippen molar-refractivity contribution in [3.05, 3.63) is 88.2 Å². The normalized spacial score (nSPS) is 12.9. The van der Waals surface area contributed by atoms with Gasteiger partial charge in [0, 0.05) is 74.8 Å². The molecule has 0 radical (unpaired) electrons. The van der Waals surface area contributed by atoms with Crippen molar-refractivity contribution in [2.45, 2.75) is 29.2 Å². The summed E-state index contributed by atoms with van der Waals surface area (Å²) in [5.41, 5.74) is 4.70. The molecule has 2 fully saturated rings. The van der Waals surface area contributed by atoms with E-state index < -0.39 is 25.6 Å². The molecule has 2 heterocycles. The predicted molar refractivity (Wildman–Crippen MR) is 277 cm³/mol. The highest BCUT2D eigenvalue weighted by Gasteiger charge is 2.22. The molecule has 2 aromatic carbocycles. The van der Waals surface area contributed by atoms with E-state index in [4.69, 9.17) is 35.0 Å². The van der Waals surface area contributed by atoms with Crippen molar-refractivity contribution < 1.29 is 61.7 Å². The highest BCUT2D eigenvalue weighted by Crippen LogP contribution is 2.20. The van der Waals surface area contributed by atoms with E-state index in [9.17, 15) is 31.2 Å². The number of anilines is 2. The number of aliphatic hydroxyl groups is 2. The summed E-state index contributed by atoms with van der Waals surface area (Å²) in [6.45, 7) is 17.0. The molecule has 6 N–H and O–H groups in total. The third kappa shape index (κ3) is 32.8. The number of carbonyl (C=O) groups excluding carboxylic acids is 3. The summed E-state index contributed by atoms with van der Waals surface area (Å²) in [5.74, 6) is 21.8. The smallest absolute Gasteiger partial charge is 0.300 e. The van der Waals surface area contributed by atoms with Crippen LogP contribution in [0.4, 0.5) is 11.4 Å². The first-order chi connectivity index (χ1) is 31.2. The molecule has 4 rings (SSSR count). The van der Waals surface area contributed by atoms with Crippen molar-refractivity contribution >= 4 is 68.1 Å². The fourth-order valence-corrected chi connectivity index (χ4v) is 7.08. The van der Waals surface area contributed by atoms with Crippen LogP contribution in [-0.4, -0.2) is 132 Å². The standard InChI is InChI=1S/C16H19N3O4S.C11H13NO3S.C11H4.C5H8N2O2.3CH4.H3NO3S.4H2/c1-17-15(16(21)18-6-9-20)12-13-2-4-14(5-3-13)19-7-10-24(22,23)11-8-19;13-9-10-1-3-11(4-2-10)12-5-7-16(14,15)8-6-12;1-3-5-7-9-11-10-8-6-4-2;1-6-4-5(9)7-2-3-8;;;;2-3-1-4-5;;;;/h2-5,12,20H,6-11H2,(H,18,21);1-4,9H,5-8H2;1H,2H3;8H,2-4H2,(H,7,9);3*1H4;1-2,5H;4*1H/b15-12-;;;;;;;;;;;. The minimum absolute atomic E-state index is 0. The fourth-order valence-electron chi connectivity index (χ4n) is 4.65. The Bertz CT molecular complexity index is 2460. The van der Waals surface area contributed by atoms with E-state index in [2.05, 4.69) is 95.8 Å². The summed E-state index contributed by atoms with van der Waals surface area (Å²) in [6, 6.07) is 14.4. The number of rotatable bonds is 12. The largest absolute Gasteiger partial charge is 0.395 e. The number of hydrogen-bond acceptors (Lipinski definition) is 16. The van der Waals surface area contributed by atoms with Gasteiger partial charge >= 0.3 is 0 Å². The molecule has 0 spiro atoms. The number of aliphatic hydroxyl groups excluding tert-OH is 2. The molecule has 0 atom stereocenters. The van der Waals surface area contributed by atoms with E-state index in [0.29, 0.717) is 37.3 Å². The van der Waals surface area contributed by atoms with Crippen molar-refractivity contribution in [1.29, 1.82) is 0 Å². The van der Waals surface area contributed by atoms with Gasteiger partial charge in [-0.05, 0) is 108 Å². The van der Waals surface area contributed by atoms with Crippen molar-refractivity contribution in [1.82, 2.24) is 16.3 Å². The van der Waals surface area contributed by atoms with Gasteiger partial charge in [0.2, 0.25) is 5.91 Å². The van der Waals surface area contributed by atoms with E-state index in [1.54, 1.807) is 31.2 Å². The van der Waals surface area contributed by atoms with Crippen molar-refractivity contribution in [2.75, 3.05) is 91.8 Å². The molecule has 68 heavy (non-hydrogen) atoms. The van der Waals surface area contributed by atoms with Crippen LogP contribution in [0.1, 0.15) is 50.8 Å². The van der Waals surface area contributed by atoms with Crippen LogP contribution in [0.2, 0.25) is 0 Å². The third-order valence-corrected chi connectivity index (χ3v) is 11.0. The Labute approximate surface area is 413 Å². The maximum atomic E-state index is 11.7. The van der Waals surface area contributed by atoms with Crippen LogP contribution in [0.3, 0.4) is 0 Å². The van der Waals surface area contributed by atoms with Crippen LogP contribution in [0.5, 0.6) is 0 Å². The van der Waals surface area contributed by atoms with E-state index in [-0.39, 0.29) is 95.5 Å². The molecule has 2 aliphatic heterocycles. The number of sulfone groups is 2. The zero-order valence-corrected chi connectivity index (χ0v) is 37.6. The van der Waals surface area contributed by atoms with Gasteiger partial charge in [0.05, 0.1) is 42.8 Å². The van der Waals surface area contributed by atoms with Gasteiger partial charge in [-0.15, -0.1) is 11.4 Å². The Hall–Kier alpha value is -6.82. The highest BCUT2D eigenvalue weighted by atomic mass is 32.2. The lowest BCUT2D eigenvalue weighted by Crippen LogP contribution is -2.40. The molecule has 2 aliphatic rings. The molecule has 2 aromatic rings. The summed E-state index contributed by atoms with van der Waals surface area (Å²) in [7, 11) is -5.75. The number of nitrogens with zero attached hydrogens (tertiary/aromatic N) is 4. The molecule has 19 nitrogen and oxygen atoms in total. The number of aldehydes is 1. The molecule has 0 aliphatic carbocycles. The number of benzene rings is 2. The van der Waals surface area contributed by atoms with Crippen molar-refractivity contribution in [3.8, 4) is 59.7 Å². The second-order valence-corrected chi connectivity index (χ2v) is 16.9. The van der Waals surface area contributed by atoms with E-state index in [1.807, 2.05) is 34.1 Å². The Morgan fingerprint density at radius 2 is 1.21 bits per heavy atom. The van der Waals surface area contributed by atoms with E-state index >= 15 is 0 Å². The Morgan fingerprint density at radius 3 is 1.56 bits per heavy atom. The molecule has 0 bridgehead atoms. The topological polar surface area (TPSA) is 250 Å². The minimum Gasteiger partial charge on any atom is -0.395 e. The molecule has 2 saturated heterocycles. The number of amides is 2. The second-order valence-electron chi connectivity index (χ2n) is 12.1. The summed E-state index contributed by atoms with van der Waals surface area (Å²) < 4.78 is 49.1. The first kappa shape index (κ1) is 67.8. The average Bonchev–Trinajstić information content (AvgIpc) is 3.30. The average molecular weight is 1010 g/mol. The van der Waals surface area contributed by atoms with Gasteiger partial charge in [-0.2, -0.15) is 0 Å². The van der Waals surface area contributed by atoms with Gasteiger partial charge in [-0.1, -0.05) is 40.3 Å². The summed E-state index contributed by atoms with van der Waals surface area (Å²) in [4.78, 5) is 45.8. The van der Waals surface area contributed by atoms with Crippen molar-refractivity contribution in [2.24, 2.45) is 0 Å². The number of carbonyl (C=O) groups is 3. The highest BCUT2D eigenvalue weighted by molar-refractivity contribution is 7.91. The van der Waals surface area contributed by atoms with Crippen molar-refractivity contribution in [3.63, 3.8) is 0 Å². The summed E-state index contributed by atoms with van der Waals surface area (Å²) in [5, 5.41) is 28.9. The molecule has 376 valence electrons. The van der Waals surface area contributed by atoms with E-state index in [1.165, 1.54) is 11.7 Å². The lowest BCUT2D eigenvalue weighted by Gasteiger charge is -2.28. The molecule has 0 unspecified atom stereocenters. The van der Waals surface area contributed by atoms with Gasteiger partial charge in [0.15, 0.2) is 19.7 Å². The number of nitrogens with one attached hydrogen (secondary N) is 3. The Balaban J connectivity index is -0.000000125. The zero-order valence-electron chi connectivity index (χ0n) is 35.1. The van der Waals surface area contributed by atoms with Gasteiger partial charge in [-0.3, -0.25) is 14.4 Å². The zero-order chi connectivity index (χ0) is 48.8. The molecule has 0 saturated carbocycles. The number of terminal acetylenes is 1. The minimum atomic E-state index is -2.92. The molecule has 22 heteroatoms. The third-order valence-electron chi connectivity index (χ3n) is 7.70. The van der Waals surface area contributed by atoms with Crippen LogP contribution >= 0.6 is 12.9 Å². The molecular formula is C46H67N7O12S3. The maximum absolute atomic E-state index is 11.7. The number of thiol groups is 1. The van der Waals surface area contributed by atoms with E-state index in [0.717, 1.165) is 17.7 Å². The van der Waals surface area contributed by atoms with Crippen LogP contribution < -0.4 is 26.1 Å². The van der Waals surface area contributed by atoms with Gasteiger partial charge in [0.1, 0.15) is 6.29 Å². The molecule has 0 aromatic heterocycles. The quantitative estimate of drug-likeness (QED) is 0.0236. The molecule has 2 amide bonds. The Kier molecular flexibility index (Phi) is 41.5. The monoisotopic (exact) mass is 1010 g/mol. The maximum Gasteiger partial charge on any atom is 0.300 e. The van der Waals surface area contributed by atoms with Gasteiger partial charge in [0.25, 0.3) is 18.1 Å².